The lowest BCUT2D eigenvalue weighted by molar-refractivity contribution is -0.147. The van der Waals surface area contributed by atoms with Gasteiger partial charge in [0.25, 0.3) is 0 Å². The van der Waals surface area contributed by atoms with Crippen LogP contribution in [0.1, 0.15) is 62.3 Å². The zero-order valence-corrected chi connectivity index (χ0v) is 27.7. The van der Waals surface area contributed by atoms with Gasteiger partial charge >= 0.3 is 5.97 Å². The van der Waals surface area contributed by atoms with E-state index in [-0.39, 0.29) is 11.4 Å². The van der Waals surface area contributed by atoms with E-state index in [0.29, 0.717) is 32.7 Å². The van der Waals surface area contributed by atoms with Gasteiger partial charge in [-0.3, -0.25) is 9.69 Å². The predicted molar refractivity (Wildman–Crippen MR) is 187 cm³/mol. The quantitative estimate of drug-likeness (QED) is 0.1000. The van der Waals surface area contributed by atoms with Crippen LogP contribution in [-0.4, -0.2) is 37.1 Å². The molecule has 242 valence electrons. The standard InChI is InChI=1S/C40H48N2O4/c1-40(2,3)34-21-23-35(24-22-34)46-37-19-10-15-31(27-37)17-12-26-42(38(39(43)44-4)20-8-9-25-41)29-33-16-11-18-36(28-33)45-30-32-13-6-5-7-14-32/h5-7,10-19,21-24,27-28,38H,8-9,20,25-26,29-30,41H2,1-4H3/b17-12+/t38-/m0/s1. The Morgan fingerprint density at radius 1 is 0.826 bits per heavy atom. The second-order valence-electron chi connectivity index (χ2n) is 12.5. The van der Waals surface area contributed by atoms with E-state index in [2.05, 4.69) is 56.0 Å². The van der Waals surface area contributed by atoms with E-state index >= 15 is 0 Å². The molecule has 4 aromatic rings. The first-order chi connectivity index (χ1) is 22.2. The minimum Gasteiger partial charge on any atom is -0.489 e. The van der Waals surface area contributed by atoms with Gasteiger partial charge in [-0.25, -0.2) is 0 Å². The Bertz CT molecular complexity index is 1530. The first-order valence-electron chi connectivity index (χ1n) is 16.1. The molecule has 0 unspecified atom stereocenters. The Morgan fingerprint density at radius 3 is 2.26 bits per heavy atom. The fraction of sp³-hybridized carbons (Fsp3) is 0.325. The molecule has 6 nitrogen and oxygen atoms in total. The number of carbonyl (C=O) groups excluding carboxylic acids is 1. The van der Waals surface area contributed by atoms with Crippen molar-refractivity contribution in [2.75, 3.05) is 20.2 Å². The first kappa shape index (κ1) is 34.5. The van der Waals surface area contributed by atoms with E-state index in [4.69, 9.17) is 19.9 Å². The van der Waals surface area contributed by atoms with Gasteiger partial charge in [-0.05, 0) is 83.5 Å². The van der Waals surface area contributed by atoms with Crippen molar-refractivity contribution in [3.05, 3.63) is 131 Å². The van der Waals surface area contributed by atoms with Gasteiger partial charge in [-0.15, -0.1) is 0 Å². The third-order valence-electron chi connectivity index (χ3n) is 7.84. The van der Waals surface area contributed by atoms with E-state index in [9.17, 15) is 4.79 Å². The second kappa shape index (κ2) is 17.3. The van der Waals surface area contributed by atoms with E-state index in [0.717, 1.165) is 46.8 Å². The molecule has 0 radical (unpaired) electrons. The fourth-order valence-electron chi connectivity index (χ4n) is 5.24. The third kappa shape index (κ3) is 10.9. The van der Waals surface area contributed by atoms with Gasteiger partial charge in [0.1, 0.15) is 29.9 Å². The zero-order chi connectivity index (χ0) is 32.8. The number of hydrogen-bond donors (Lipinski definition) is 1. The number of hydrogen-bond acceptors (Lipinski definition) is 6. The van der Waals surface area contributed by atoms with E-state index in [1.54, 1.807) is 0 Å². The average molecular weight is 621 g/mol. The van der Waals surface area contributed by atoms with Crippen LogP contribution in [0.3, 0.4) is 0 Å². The molecule has 0 saturated heterocycles. The summed E-state index contributed by atoms with van der Waals surface area (Å²) in [6.45, 7) is 8.80. The van der Waals surface area contributed by atoms with Crippen molar-refractivity contribution in [1.82, 2.24) is 4.90 Å². The maximum absolute atomic E-state index is 13.0. The molecule has 0 aliphatic rings. The molecule has 4 aromatic carbocycles. The molecule has 0 saturated carbocycles. The highest BCUT2D eigenvalue weighted by atomic mass is 16.5. The second-order valence-corrected chi connectivity index (χ2v) is 12.5. The summed E-state index contributed by atoms with van der Waals surface area (Å²) in [5.74, 6) is 2.12. The molecule has 46 heavy (non-hydrogen) atoms. The topological polar surface area (TPSA) is 74.0 Å². The molecule has 0 heterocycles. The Labute approximate surface area is 274 Å². The maximum atomic E-state index is 13.0. The third-order valence-corrected chi connectivity index (χ3v) is 7.84. The number of rotatable bonds is 16. The summed E-state index contributed by atoms with van der Waals surface area (Å²) in [6.07, 6.45) is 6.51. The molecule has 4 rings (SSSR count). The maximum Gasteiger partial charge on any atom is 0.323 e. The summed E-state index contributed by atoms with van der Waals surface area (Å²) < 4.78 is 17.5. The molecular weight excluding hydrogens is 572 g/mol. The van der Waals surface area contributed by atoms with Gasteiger partial charge in [0.2, 0.25) is 0 Å². The molecule has 0 aromatic heterocycles. The molecule has 0 aliphatic carbocycles. The van der Waals surface area contributed by atoms with E-state index in [1.165, 1.54) is 12.7 Å². The van der Waals surface area contributed by atoms with E-state index in [1.807, 2.05) is 84.9 Å². The lowest BCUT2D eigenvalue weighted by Crippen LogP contribution is -2.41. The summed E-state index contributed by atoms with van der Waals surface area (Å²) in [4.78, 5) is 15.2. The minimum absolute atomic E-state index is 0.0906. The molecular formula is C40H48N2O4. The highest BCUT2D eigenvalue weighted by Gasteiger charge is 2.26. The van der Waals surface area contributed by atoms with Crippen LogP contribution < -0.4 is 15.2 Å². The number of ether oxygens (including phenoxy) is 3. The molecule has 1 atom stereocenters. The monoisotopic (exact) mass is 620 g/mol. The summed E-state index contributed by atoms with van der Waals surface area (Å²) in [7, 11) is 1.45. The largest absolute Gasteiger partial charge is 0.489 e. The number of esters is 1. The molecule has 6 heteroatoms. The summed E-state index contributed by atoms with van der Waals surface area (Å²) in [5.41, 5.74) is 10.3. The Hall–Kier alpha value is -4.39. The summed E-state index contributed by atoms with van der Waals surface area (Å²) >= 11 is 0. The average Bonchev–Trinajstić information content (AvgIpc) is 3.06. The lowest BCUT2D eigenvalue weighted by Gasteiger charge is -2.29. The molecule has 2 N–H and O–H groups in total. The lowest BCUT2D eigenvalue weighted by atomic mass is 9.87. The van der Waals surface area contributed by atoms with Gasteiger partial charge in [-0.1, -0.05) is 106 Å². The van der Waals surface area contributed by atoms with Crippen LogP contribution in [0.15, 0.2) is 109 Å². The van der Waals surface area contributed by atoms with Crippen LogP contribution in [0.25, 0.3) is 6.08 Å². The minimum atomic E-state index is -0.402. The van der Waals surface area contributed by atoms with Crippen LogP contribution in [0, 0.1) is 0 Å². The van der Waals surface area contributed by atoms with Crippen LogP contribution >= 0.6 is 0 Å². The van der Waals surface area contributed by atoms with Crippen molar-refractivity contribution in [3.8, 4) is 17.2 Å². The highest BCUT2D eigenvalue weighted by Crippen LogP contribution is 2.28. The number of unbranched alkanes of at least 4 members (excludes halogenated alkanes) is 1. The number of methoxy groups -OCH3 is 1. The van der Waals surface area contributed by atoms with Crippen LogP contribution in [0.4, 0.5) is 0 Å². The van der Waals surface area contributed by atoms with E-state index < -0.39 is 6.04 Å². The molecule has 0 amide bonds. The Balaban J connectivity index is 1.48. The number of nitrogens with zero attached hydrogens (tertiary/aromatic N) is 1. The van der Waals surface area contributed by atoms with Gasteiger partial charge in [-0.2, -0.15) is 0 Å². The Kier molecular flexibility index (Phi) is 13.0. The zero-order valence-electron chi connectivity index (χ0n) is 27.7. The van der Waals surface area contributed by atoms with Crippen molar-refractivity contribution in [2.45, 2.75) is 64.6 Å². The SMILES string of the molecule is COC(=O)[C@H](CCCCN)N(C/C=C/c1cccc(Oc2ccc(C(C)(C)C)cc2)c1)Cc1cccc(OCc2ccccc2)c1. The van der Waals surface area contributed by atoms with Crippen molar-refractivity contribution >= 4 is 12.0 Å². The Morgan fingerprint density at radius 2 is 1.54 bits per heavy atom. The molecule has 0 aliphatic heterocycles. The fourth-order valence-corrected chi connectivity index (χ4v) is 5.24. The molecule has 0 fully saturated rings. The number of benzene rings is 4. The van der Waals surface area contributed by atoms with Crippen molar-refractivity contribution in [1.29, 1.82) is 0 Å². The van der Waals surface area contributed by atoms with Crippen molar-refractivity contribution in [2.24, 2.45) is 5.73 Å². The normalized spacial score (nSPS) is 12.3. The van der Waals surface area contributed by atoms with Gasteiger partial charge < -0.3 is 19.9 Å². The van der Waals surface area contributed by atoms with Crippen molar-refractivity contribution < 1.29 is 19.0 Å². The predicted octanol–water partition coefficient (Wildman–Crippen LogP) is 8.54. The van der Waals surface area contributed by atoms with Crippen LogP contribution in [0.5, 0.6) is 17.2 Å². The van der Waals surface area contributed by atoms with Crippen molar-refractivity contribution in [3.63, 3.8) is 0 Å². The molecule has 0 spiro atoms. The highest BCUT2D eigenvalue weighted by molar-refractivity contribution is 5.75. The first-order valence-corrected chi connectivity index (χ1v) is 16.1. The summed E-state index contributed by atoms with van der Waals surface area (Å²) in [6, 6.07) is 34.0. The van der Waals surface area contributed by atoms with Gasteiger partial charge in [0.05, 0.1) is 7.11 Å². The van der Waals surface area contributed by atoms with Gasteiger partial charge in [0, 0.05) is 13.1 Å². The number of carbonyl (C=O) groups is 1. The van der Waals surface area contributed by atoms with Crippen LogP contribution in [0.2, 0.25) is 0 Å². The molecule has 0 bridgehead atoms. The number of nitrogens with two attached hydrogens (primary N) is 1. The summed E-state index contributed by atoms with van der Waals surface area (Å²) in [5, 5.41) is 0. The smallest absolute Gasteiger partial charge is 0.323 e. The van der Waals surface area contributed by atoms with Crippen LogP contribution in [-0.2, 0) is 28.1 Å². The van der Waals surface area contributed by atoms with Gasteiger partial charge in [0.15, 0.2) is 0 Å².